The minimum Gasteiger partial charge on any atom is -0.412 e. The topological polar surface area (TPSA) is 118 Å². The van der Waals surface area contributed by atoms with Crippen molar-refractivity contribution in [2.75, 3.05) is 7.05 Å². The number of carbonyl (C=O) groups is 1. The van der Waals surface area contributed by atoms with Crippen molar-refractivity contribution in [3.8, 4) is 22.7 Å². The maximum absolute atomic E-state index is 12.7. The van der Waals surface area contributed by atoms with Crippen molar-refractivity contribution in [2.24, 2.45) is 0 Å². The number of fused-ring (bicyclic) bond motifs is 1. The molecule has 0 unspecified atom stereocenters. The van der Waals surface area contributed by atoms with Crippen molar-refractivity contribution in [3.05, 3.63) is 58.3 Å². The Bertz CT molecular complexity index is 1300. The van der Waals surface area contributed by atoms with Crippen LogP contribution in [0.1, 0.15) is 54.3 Å². The molecule has 1 fully saturated rings. The number of amides is 1. The monoisotopic (exact) mass is 418 g/mol. The van der Waals surface area contributed by atoms with Gasteiger partial charge in [0, 0.05) is 24.9 Å². The van der Waals surface area contributed by atoms with Gasteiger partial charge < -0.3 is 9.73 Å². The summed E-state index contributed by atoms with van der Waals surface area (Å²) in [4.78, 5) is 29.0. The Kier molecular flexibility index (Phi) is 4.85. The molecule has 1 saturated carbocycles. The maximum atomic E-state index is 12.7. The molecule has 0 aliphatic heterocycles. The zero-order valence-electron chi connectivity index (χ0n) is 17.1. The third-order valence-electron chi connectivity index (χ3n) is 5.86. The van der Waals surface area contributed by atoms with Gasteiger partial charge in [0.1, 0.15) is 5.56 Å². The highest BCUT2D eigenvalue weighted by Gasteiger charge is 2.20. The molecule has 0 bridgehead atoms. The van der Waals surface area contributed by atoms with Gasteiger partial charge in [-0.3, -0.25) is 14.7 Å². The third kappa shape index (κ3) is 3.52. The summed E-state index contributed by atoms with van der Waals surface area (Å²) in [5.74, 6) is 0.0809. The molecule has 3 heterocycles. The van der Waals surface area contributed by atoms with Crippen LogP contribution in [0.5, 0.6) is 0 Å². The van der Waals surface area contributed by atoms with E-state index in [4.69, 9.17) is 4.42 Å². The molecule has 9 nitrogen and oxygen atoms in total. The average Bonchev–Trinajstić information content (AvgIpc) is 3.47. The molecular weight excluding hydrogens is 396 g/mol. The summed E-state index contributed by atoms with van der Waals surface area (Å²) in [6, 6.07) is 9.81. The Labute approximate surface area is 177 Å². The lowest BCUT2D eigenvalue weighted by atomic mass is 9.84. The standard InChI is InChI=1S/C22H22N6O3/c1-23-20(30)22-27-26-21(31-22)16-12-24-28-18(29)11-17(25-19(16)28)15-9-7-14(8-10-15)13-5-3-2-4-6-13/h7-13,24H,2-6H2,1H3,(H,23,30). The molecule has 4 aromatic rings. The van der Waals surface area contributed by atoms with Crippen molar-refractivity contribution < 1.29 is 9.21 Å². The van der Waals surface area contributed by atoms with Gasteiger partial charge in [0.2, 0.25) is 0 Å². The number of hydrogen-bond donors (Lipinski definition) is 2. The quantitative estimate of drug-likeness (QED) is 0.526. The van der Waals surface area contributed by atoms with Crippen LogP contribution in [0, 0.1) is 0 Å². The number of H-pyrrole nitrogens is 1. The molecular formula is C22H22N6O3. The number of hydrogen-bond acceptors (Lipinski definition) is 6. The van der Waals surface area contributed by atoms with Crippen LogP contribution in [-0.4, -0.2) is 37.8 Å². The summed E-state index contributed by atoms with van der Waals surface area (Å²) in [5, 5.41) is 13.0. The number of aromatic amines is 1. The van der Waals surface area contributed by atoms with Gasteiger partial charge in [-0.05, 0) is 24.3 Å². The average molecular weight is 418 g/mol. The normalized spacial score (nSPS) is 14.7. The number of nitrogens with zero attached hydrogens (tertiary/aromatic N) is 4. The van der Waals surface area contributed by atoms with Crippen LogP contribution in [0.4, 0.5) is 0 Å². The Morgan fingerprint density at radius 1 is 1.16 bits per heavy atom. The van der Waals surface area contributed by atoms with E-state index in [0.29, 0.717) is 22.8 Å². The summed E-state index contributed by atoms with van der Waals surface area (Å²) in [5.41, 5.74) is 3.31. The Hall–Kier alpha value is -3.75. The van der Waals surface area contributed by atoms with Crippen LogP contribution >= 0.6 is 0 Å². The van der Waals surface area contributed by atoms with E-state index in [1.54, 1.807) is 6.20 Å². The SMILES string of the molecule is CNC(=O)c1nnc(-c2c[nH]n3c(=O)cc(-c4ccc(C5CCCCC5)cc4)nc23)o1. The molecule has 0 spiro atoms. The smallest absolute Gasteiger partial charge is 0.308 e. The number of carbonyl (C=O) groups excluding carboxylic acids is 1. The number of nitrogens with one attached hydrogen (secondary N) is 2. The lowest BCUT2D eigenvalue weighted by Crippen LogP contribution is -2.17. The Morgan fingerprint density at radius 3 is 2.68 bits per heavy atom. The fraction of sp³-hybridized carbons (Fsp3) is 0.318. The summed E-state index contributed by atoms with van der Waals surface area (Å²) in [6.07, 6.45) is 7.93. The molecule has 0 saturated heterocycles. The van der Waals surface area contributed by atoms with Gasteiger partial charge in [-0.1, -0.05) is 43.5 Å². The molecule has 3 aromatic heterocycles. The van der Waals surface area contributed by atoms with Crippen molar-refractivity contribution >= 4 is 11.6 Å². The predicted molar refractivity (Wildman–Crippen MR) is 114 cm³/mol. The van der Waals surface area contributed by atoms with E-state index in [1.165, 1.54) is 55.3 Å². The molecule has 1 aliphatic carbocycles. The summed E-state index contributed by atoms with van der Waals surface area (Å²) >= 11 is 0. The second-order valence-corrected chi connectivity index (χ2v) is 7.77. The van der Waals surface area contributed by atoms with Gasteiger partial charge in [-0.25, -0.2) is 9.50 Å². The van der Waals surface area contributed by atoms with Crippen molar-refractivity contribution in [1.29, 1.82) is 0 Å². The molecule has 5 rings (SSSR count). The second-order valence-electron chi connectivity index (χ2n) is 7.77. The van der Waals surface area contributed by atoms with Crippen LogP contribution < -0.4 is 10.9 Å². The summed E-state index contributed by atoms with van der Waals surface area (Å²) in [6.45, 7) is 0. The van der Waals surface area contributed by atoms with Gasteiger partial charge in [0.15, 0.2) is 5.65 Å². The van der Waals surface area contributed by atoms with Gasteiger partial charge in [-0.15, -0.1) is 10.2 Å². The largest absolute Gasteiger partial charge is 0.412 e. The lowest BCUT2D eigenvalue weighted by molar-refractivity contribution is 0.0929. The third-order valence-corrected chi connectivity index (χ3v) is 5.86. The van der Waals surface area contributed by atoms with Crippen LogP contribution in [-0.2, 0) is 0 Å². The molecule has 1 amide bonds. The second kappa shape index (κ2) is 7.82. The first-order valence-corrected chi connectivity index (χ1v) is 10.4. The fourth-order valence-corrected chi connectivity index (χ4v) is 4.18. The van der Waals surface area contributed by atoms with E-state index in [2.05, 4.69) is 37.7 Å². The van der Waals surface area contributed by atoms with Crippen molar-refractivity contribution in [3.63, 3.8) is 0 Å². The van der Waals surface area contributed by atoms with Gasteiger partial charge in [0.05, 0.1) is 5.69 Å². The minimum absolute atomic E-state index is 0.106. The first-order valence-electron chi connectivity index (χ1n) is 10.4. The zero-order valence-corrected chi connectivity index (χ0v) is 17.1. The molecule has 0 atom stereocenters. The van der Waals surface area contributed by atoms with E-state index in [1.807, 2.05) is 12.1 Å². The van der Waals surface area contributed by atoms with Crippen LogP contribution in [0.3, 0.4) is 0 Å². The van der Waals surface area contributed by atoms with E-state index in [-0.39, 0.29) is 17.3 Å². The van der Waals surface area contributed by atoms with Crippen molar-refractivity contribution in [1.82, 2.24) is 30.1 Å². The van der Waals surface area contributed by atoms with Gasteiger partial charge >= 0.3 is 11.8 Å². The number of benzene rings is 1. The number of aromatic nitrogens is 5. The lowest BCUT2D eigenvalue weighted by Gasteiger charge is -2.22. The van der Waals surface area contributed by atoms with Crippen molar-refractivity contribution in [2.45, 2.75) is 38.0 Å². The van der Waals surface area contributed by atoms with Gasteiger partial charge in [0.25, 0.3) is 11.4 Å². The van der Waals surface area contributed by atoms with Gasteiger partial charge in [-0.2, -0.15) is 0 Å². The molecule has 31 heavy (non-hydrogen) atoms. The molecule has 1 aliphatic rings. The van der Waals surface area contributed by atoms with E-state index < -0.39 is 5.91 Å². The molecule has 2 N–H and O–H groups in total. The Balaban J connectivity index is 1.52. The van der Waals surface area contributed by atoms with Crippen LogP contribution in [0.2, 0.25) is 0 Å². The molecule has 158 valence electrons. The highest BCUT2D eigenvalue weighted by molar-refractivity contribution is 5.89. The van der Waals surface area contributed by atoms with Crippen LogP contribution in [0.15, 0.2) is 45.7 Å². The van der Waals surface area contributed by atoms with E-state index in [9.17, 15) is 9.59 Å². The first kappa shape index (κ1) is 19.2. The van der Waals surface area contributed by atoms with Crippen LogP contribution in [0.25, 0.3) is 28.4 Å². The van der Waals surface area contributed by atoms with E-state index in [0.717, 1.165) is 5.56 Å². The highest BCUT2D eigenvalue weighted by Crippen LogP contribution is 2.33. The summed E-state index contributed by atoms with van der Waals surface area (Å²) < 4.78 is 6.75. The molecule has 9 heteroatoms. The molecule has 1 aromatic carbocycles. The summed E-state index contributed by atoms with van der Waals surface area (Å²) in [7, 11) is 1.48. The minimum atomic E-state index is -0.484. The van der Waals surface area contributed by atoms with E-state index >= 15 is 0 Å². The molecule has 0 radical (unpaired) electrons. The number of rotatable bonds is 4. The zero-order chi connectivity index (χ0) is 21.4. The first-order chi connectivity index (χ1) is 15.1. The fourth-order valence-electron chi connectivity index (χ4n) is 4.18. The maximum Gasteiger partial charge on any atom is 0.308 e. The Morgan fingerprint density at radius 2 is 1.94 bits per heavy atom. The highest BCUT2D eigenvalue weighted by atomic mass is 16.4. The predicted octanol–water partition coefficient (Wildman–Crippen LogP) is 3.15.